The molecular formula is C11H17NO. The average Bonchev–Trinajstić information content (AvgIpc) is 2.58. The maximum atomic E-state index is 11.6. The molecule has 0 spiro atoms. The lowest BCUT2D eigenvalue weighted by atomic mass is 9.93. The van der Waals surface area contributed by atoms with E-state index in [1.54, 1.807) is 0 Å². The van der Waals surface area contributed by atoms with Crippen molar-refractivity contribution in [1.29, 1.82) is 0 Å². The topological polar surface area (TPSA) is 20.3 Å². The Kier molecular flexibility index (Phi) is 2.49. The second-order valence-corrected chi connectivity index (χ2v) is 4.08. The maximum Gasteiger partial charge on any atom is 0.150 e. The van der Waals surface area contributed by atoms with Gasteiger partial charge in [-0.15, -0.1) is 6.58 Å². The second kappa shape index (κ2) is 3.62. The Morgan fingerprint density at radius 2 is 2.38 bits per heavy atom. The van der Waals surface area contributed by atoms with Gasteiger partial charge in [0.2, 0.25) is 0 Å². The van der Waals surface area contributed by atoms with Crippen LogP contribution in [0.4, 0.5) is 0 Å². The number of piperidine rings is 1. The molecule has 2 aliphatic heterocycles. The zero-order valence-electron chi connectivity index (χ0n) is 8.04. The predicted octanol–water partition coefficient (Wildman–Crippen LogP) is 1.76. The lowest BCUT2D eigenvalue weighted by Crippen LogP contribution is -2.47. The number of carbonyl (C=O) groups is 1. The number of Topliss-reactive ketones (excluding diaryl/α,β-unsaturated/α-hetero) is 1. The van der Waals surface area contributed by atoms with Gasteiger partial charge >= 0.3 is 0 Å². The fourth-order valence-corrected chi connectivity index (χ4v) is 2.66. The van der Waals surface area contributed by atoms with Crippen LogP contribution in [0.25, 0.3) is 0 Å². The van der Waals surface area contributed by atoms with Gasteiger partial charge in [0, 0.05) is 12.5 Å². The summed E-state index contributed by atoms with van der Waals surface area (Å²) in [7, 11) is 0. The quantitative estimate of drug-likeness (QED) is 0.602. The van der Waals surface area contributed by atoms with Gasteiger partial charge < -0.3 is 0 Å². The minimum Gasteiger partial charge on any atom is -0.298 e. The molecular weight excluding hydrogens is 162 g/mol. The van der Waals surface area contributed by atoms with Crippen LogP contribution >= 0.6 is 0 Å². The van der Waals surface area contributed by atoms with Gasteiger partial charge in [0.25, 0.3) is 0 Å². The molecule has 0 aliphatic carbocycles. The number of fused-ring (bicyclic) bond motifs is 1. The van der Waals surface area contributed by atoms with Crippen molar-refractivity contribution in [2.45, 2.75) is 44.2 Å². The number of ketones is 1. The van der Waals surface area contributed by atoms with Crippen LogP contribution in [0.3, 0.4) is 0 Å². The molecule has 2 aliphatic rings. The SMILES string of the molecule is C=CCC1C(=O)CCC2CCCN21. The highest BCUT2D eigenvalue weighted by Crippen LogP contribution is 2.30. The molecule has 0 amide bonds. The number of hydrogen-bond acceptors (Lipinski definition) is 2. The third-order valence-electron chi connectivity index (χ3n) is 3.31. The number of nitrogens with zero attached hydrogens (tertiary/aromatic N) is 1. The van der Waals surface area contributed by atoms with Crippen molar-refractivity contribution in [2.24, 2.45) is 0 Å². The fraction of sp³-hybridized carbons (Fsp3) is 0.727. The third kappa shape index (κ3) is 1.55. The summed E-state index contributed by atoms with van der Waals surface area (Å²) in [5.74, 6) is 0.429. The summed E-state index contributed by atoms with van der Waals surface area (Å²) in [5, 5.41) is 0. The summed E-state index contributed by atoms with van der Waals surface area (Å²) in [5.41, 5.74) is 0. The predicted molar refractivity (Wildman–Crippen MR) is 52.6 cm³/mol. The van der Waals surface area contributed by atoms with Crippen molar-refractivity contribution in [2.75, 3.05) is 6.54 Å². The average molecular weight is 179 g/mol. The van der Waals surface area contributed by atoms with E-state index < -0.39 is 0 Å². The van der Waals surface area contributed by atoms with E-state index in [1.165, 1.54) is 12.8 Å². The number of hydrogen-bond donors (Lipinski definition) is 0. The largest absolute Gasteiger partial charge is 0.298 e. The molecule has 2 unspecified atom stereocenters. The van der Waals surface area contributed by atoms with Gasteiger partial charge in [-0.2, -0.15) is 0 Å². The Bertz CT molecular complexity index is 224. The molecule has 2 heterocycles. The van der Waals surface area contributed by atoms with Crippen LogP contribution in [0.2, 0.25) is 0 Å². The van der Waals surface area contributed by atoms with Crippen LogP contribution in [0.15, 0.2) is 12.7 Å². The zero-order valence-corrected chi connectivity index (χ0v) is 8.04. The molecule has 72 valence electrons. The summed E-state index contributed by atoms with van der Waals surface area (Å²) in [6, 6.07) is 0.862. The van der Waals surface area contributed by atoms with Gasteiger partial charge in [0.15, 0.2) is 0 Å². The summed E-state index contributed by atoms with van der Waals surface area (Å²) in [6.07, 6.45) is 7.16. The summed E-state index contributed by atoms with van der Waals surface area (Å²) >= 11 is 0. The zero-order chi connectivity index (χ0) is 9.26. The second-order valence-electron chi connectivity index (χ2n) is 4.08. The Balaban J connectivity index is 2.10. The van der Waals surface area contributed by atoms with Gasteiger partial charge in [-0.1, -0.05) is 6.08 Å². The Morgan fingerprint density at radius 3 is 3.15 bits per heavy atom. The van der Waals surface area contributed by atoms with Crippen molar-refractivity contribution < 1.29 is 4.79 Å². The minimum absolute atomic E-state index is 0.166. The highest BCUT2D eigenvalue weighted by Gasteiger charge is 2.37. The first-order chi connectivity index (χ1) is 6.33. The molecule has 2 rings (SSSR count). The van der Waals surface area contributed by atoms with E-state index in [0.717, 1.165) is 25.8 Å². The maximum absolute atomic E-state index is 11.6. The van der Waals surface area contributed by atoms with E-state index in [-0.39, 0.29) is 6.04 Å². The van der Waals surface area contributed by atoms with Crippen molar-refractivity contribution in [3.63, 3.8) is 0 Å². The molecule has 0 radical (unpaired) electrons. The van der Waals surface area contributed by atoms with Gasteiger partial charge in [-0.3, -0.25) is 9.69 Å². The molecule has 2 heteroatoms. The Hall–Kier alpha value is -0.630. The van der Waals surface area contributed by atoms with Gasteiger partial charge in [-0.05, 0) is 32.2 Å². The molecule has 2 saturated heterocycles. The van der Waals surface area contributed by atoms with E-state index in [4.69, 9.17) is 0 Å². The highest BCUT2D eigenvalue weighted by molar-refractivity contribution is 5.85. The van der Waals surface area contributed by atoms with Crippen molar-refractivity contribution >= 4 is 5.78 Å². The molecule has 0 aromatic rings. The van der Waals surface area contributed by atoms with Crippen molar-refractivity contribution in [1.82, 2.24) is 4.90 Å². The van der Waals surface area contributed by atoms with Crippen LogP contribution in [-0.2, 0) is 4.79 Å². The van der Waals surface area contributed by atoms with E-state index >= 15 is 0 Å². The summed E-state index contributed by atoms with van der Waals surface area (Å²) < 4.78 is 0. The molecule has 0 aromatic heterocycles. The molecule has 13 heavy (non-hydrogen) atoms. The van der Waals surface area contributed by atoms with Gasteiger partial charge in [-0.25, -0.2) is 0 Å². The lowest BCUT2D eigenvalue weighted by Gasteiger charge is -2.36. The third-order valence-corrected chi connectivity index (χ3v) is 3.31. The van der Waals surface area contributed by atoms with E-state index in [9.17, 15) is 4.79 Å². The Labute approximate surface area is 79.6 Å². The summed E-state index contributed by atoms with van der Waals surface area (Å²) in [6.45, 7) is 4.84. The normalized spacial score (nSPS) is 34.6. The first kappa shape index (κ1) is 8.95. The van der Waals surface area contributed by atoms with Crippen LogP contribution in [0.1, 0.15) is 32.1 Å². The number of rotatable bonds is 2. The highest BCUT2D eigenvalue weighted by atomic mass is 16.1. The molecule has 2 nitrogen and oxygen atoms in total. The van der Waals surface area contributed by atoms with Crippen LogP contribution in [-0.4, -0.2) is 29.3 Å². The van der Waals surface area contributed by atoms with E-state index in [1.807, 2.05) is 6.08 Å². The summed E-state index contributed by atoms with van der Waals surface area (Å²) in [4.78, 5) is 14.0. The van der Waals surface area contributed by atoms with E-state index in [0.29, 0.717) is 11.8 Å². The molecule has 0 saturated carbocycles. The molecule has 0 aromatic carbocycles. The standard InChI is InChI=1S/C11H17NO/c1-2-4-10-11(13)7-6-9-5-3-8-12(9)10/h2,9-10H,1,3-8H2. The first-order valence-corrected chi connectivity index (χ1v) is 5.22. The molecule has 2 fully saturated rings. The molecule has 0 bridgehead atoms. The van der Waals surface area contributed by atoms with Crippen LogP contribution < -0.4 is 0 Å². The lowest BCUT2D eigenvalue weighted by molar-refractivity contribution is -0.127. The van der Waals surface area contributed by atoms with Crippen molar-refractivity contribution in [3.8, 4) is 0 Å². The van der Waals surface area contributed by atoms with Crippen LogP contribution in [0.5, 0.6) is 0 Å². The van der Waals surface area contributed by atoms with Crippen LogP contribution in [0, 0.1) is 0 Å². The minimum atomic E-state index is 0.166. The van der Waals surface area contributed by atoms with E-state index in [2.05, 4.69) is 11.5 Å². The smallest absolute Gasteiger partial charge is 0.150 e. The molecule has 2 atom stereocenters. The molecule has 0 N–H and O–H groups in total. The van der Waals surface area contributed by atoms with Crippen molar-refractivity contribution in [3.05, 3.63) is 12.7 Å². The van der Waals surface area contributed by atoms with Gasteiger partial charge in [0.1, 0.15) is 5.78 Å². The first-order valence-electron chi connectivity index (χ1n) is 5.22. The Morgan fingerprint density at radius 1 is 1.54 bits per heavy atom. The van der Waals surface area contributed by atoms with Gasteiger partial charge in [0.05, 0.1) is 6.04 Å². The number of carbonyl (C=O) groups excluding carboxylic acids is 1. The fourth-order valence-electron chi connectivity index (χ4n) is 2.66. The monoisotopic (exact) mass is 179 g/mol.